The fourth-order valence-corrected chi connectivity index (χ4v) is 5.07. The van der Waals surface area contributed by atoms with Crippen molar-refractivity contribution in [2.24, 2.45) is 0 Å². The normalized spacial score (nSPS) is 10.5. The number of benzene rings is 3. The fraction of sp³-hybridized carbons (Fsp3) is 0.474. The number of carbonyl (C=O) groups excluding carboxylic acids is 2. The minimum Gasteiger partial charge on any atom is -0.469 e. The largest absolute Gasteiger partial charge is 0.469 e. The number of hydrogen-bond acceptors (Lipinski definition) is 4. The van der Waals surface area contributed by atoms with Gasteiger partial charge in [-0.2, -0.15) is 0 Å². The molecule has 42 heavy (non-hydrogen) atoms. The molecule has 0 atom stereocenters. The van der Waals surface area contributed by atoms with Gasteiger partial charge in [0, 0.05) is 36.8 Å². The molecule has 0 spiro atoms. The van der Waals surface area contributed by atoms with Crippen LogP contribution >= 0.6 is 0 Å². The van der Waals surface area contributed by atoms with Gasteiger partial charge in [0.2, 0.25) is 0 Å². The third kappa shape index (κ3) is 12.4. The molecule has 4 heteroatoms. The Labute approximate surface area is 252 Å². The minimum absolute atomic E-state index is 0.109. The lowest BCUT2D eigenvalue weighted by atomic mass is 10.00. The average molecular weight is 567 g/mol. The summed E-state index contributed by atoms with van der Waals surface area (Å²) in [5, 5.41) is 4.87. The molecule has 0 heterocycles. The van der Waals surface area contributed by atoms with E-state index in [1.807, 2.05) is 0 Å². The molecule has 0 aromatic heterocycles. The lowest BCUT2D eigenvalue weighted by molar-refractivity contribution is -0.141. The van der Waals surface area contributed by atoms with E-state index in [2.05, 4.69) is 81.7 Å². The number of esters is 2. The number of ether oxygens (including phenoxy) is 2. The molecule has 0 unspecified atom stereocenters. The van der Waals surface area contributed by atoms with Crippen LogP contribution in [0.25, 0.3) is 21.5 Å². The van der Waals surface area contributed by atoms with Gasteiger partial charge in [0.05, 0.1) is 14.2 Å². The van der Waals surface area contributed by atoms with Crippen LogP contribution < -0.4 is 0 Å². The van der Waals surface area contributed by atoms with Gasteiger partial charge in [-0.3, -0.25) is 9.59 Å². The van der Waals surface area contributed by atoms with Crippen molar-refractivity contribution in [3.05, 3.63) is 59.7 Å². The first-order chi connectivity index (χ1) is 20.6. The van der Waals surface area contributed by atoms with Crippen molar-refractivity contribution in [3.63, 3.8) is 0 Å². The van der Waals surface area contributed by atoms with Gasteiger partial charge in [-0.25, -0.2) is 0 Å². The maximum atomic E-state index is 11.1. The van der Waals surface area contributed by atoms with E-state index in [9.17, 15) is 9.59 Å². The molecule has 3 rings (SSSR count). The summed E-state index contributed by atoms with van der Waals surface area (Å²) in [5.41, 5.74) is 2.13. The van der Waals surface area contributed by atoms with Gasteiger partial charge in [-0.05, 0) is 83.6 Å². The molecule has 4 nitrogen and oxygen atoms in total. The highest BCUT2D eigenvalue weighted by atomic mass is 16.5. The number of fused-ring (bicyclic) bond motifs is 2. The van der Waals surface area contributed by atoms with Gasteiger partial charge in [-0.1, -0.05) is 87.2 Å². The second-order valence-corrected chi connectivity index (χ2v) is 11.0. The van der Waals surface area contributed by atoms with Gasteiger partial charge < -0.3 is 9.47 Å². The second-order valence-electron chi connectivity index (χ2n) is 11.0. The van der Waals surface area contributed by atoms with Gasteiger partial charge in [0.25, 0.3) is 0 Å². The van der Waals surface area contributed by atoms with E-state index in [1.165, 1.54) is 74.3 Å². The molecule has 0 aliphatic carbocycles. The molecular weight excluding hydrogens is 520 g/mol. The molecule has 0 amide bonds. The molecule has 0 bridgehead atoms. The third-order valence-electron chi connectivity index (χ3n) is 7.58. The summed E-state index contributed by atoms with van der Waals surface area (Å²) in [6.45, 7) is 0. The molecule has 0 N–H and O–H groups in total. The van der Waals surface area contributed by atoms with Crippen LogP contribution in [0.1, 0.15) is 114 Å². The summed E-state index contributed by atoms with van der Waals surface area (Å²) < 4.78 is 9.35. The van der Waals surface area contributed by atoms with E-state index in [1.54, 1.807) is 0 Å². The van der Waals surface area contributed by atoms with Crippen molar-refractivity contribution in [1.29, 1.82) is 0 Å². The zero-order valence-corrected chi connectivity index (χ0v) is 25.6. The van der Waals surface area contributed by atoms with Crippen LogP contribution in [0, 0.1) is 23.7 Å². The number of unbranched alkanes of at least 4 members (excludes halogenated alkanes) is 12. The Morgan fingerprint density at radius 2 is 0.881 bits per heavy atom. The van der Waals surface area contributed by atoms with E-state index < -0.39 is 0 Å². The molecule has 222 valence electrons. The van der Waals surface area contributed by atoms with Crippen LogP contribution in [-0.2, 0) is 19.1 Å². The van der Waals surface area contributed by atoms with E-state index >= 15 is 0 Å². The van der Waals surface area contributed by atoms with Crippen LogP contribution in [0.3, 0.4) is 0 Å². The first-order valence-corrected chi connectivity index (χ1v) is 15.7. The minimum atomic E-state index is -0.109. The lowest BCUT2D eigenvalue weighted by Gasteiger charge is -2.04. The first-order valence-electron chi connectivity index (χ1n) is 15.7. The number of hydrogen-bond donors (Lipinski definition) is 0. The van der Waals surface area contributed by atoms with Crippen LogP contribution in [0.15, 0.2) is 48.5 Å². The van der Waals surface area contributed by atoms with Crippen molar-refractivity contribution in [3.8, 4) is 23.7 Å². The van der Waals surface area contributed by atoms with Crippen LogP contribution in [0.4, 0.5) is 0 Å². The highest BCUT2D eigenvalue weighted by molar-refractivity contribution is 5.99. The molecule has 3 aromatic rings. The van der Waals surface area contributed by atoms with Crippen molar-refractivity contribution in [1.82, 2.24) is 0 Å². The molecule has 0 saturated carbocycles. The highest BCUT2D eigenvalue weighted by Crippen LogP contribution is 2.25. The maximum Gasteiger partial charge on any atom is 0.305 e. The zero-order valence-electron chi connectivity index (χ0n) is 25.6. The molecule has 3 aromatic carbocycles. The monoisotopic (exact) mass is 566 g/mol. The number of methoxy groups -OCH3 is 2. The topological polar surface area (TPSA) is 52.6 Å². The summed E-state index contributed by atoms with van der Waals surface area (Å²) in [6.07, 6.45) is 16.2. The maximum absolute atomic E-state index is 11.1. The van der Waals surface area contributed by atoms with Crippen LogP contribution in [-0.4, -0.2) is 26.2 Å². The Hall–Kier alpha value is -3.76. The van der Waals surface area contributed by atoms with Gasteiger partial charge in [0.1, 0.15) is 0 Å². The number of carbonyl (C=O) groups is 2. The first kappa shape index (κ1) is 32.8. The van der Waals surface area contributed by atoms with Crippen LogP contribution in [0.2, 0.25) is 0 Å². The van der Waals surface area contributed by atoms with Crippen LogP contribution in [0.5, 0.6) is 0 Å². The standard InChI is InChI=1S/C38H46O4/c1-41-37(39)21-17-13-9-5-3-7-11-15-19-31-23-25-33-30-36-28-32(24-26-34(36)29-35(33)27-31)20-16-12-8-4-6-10-14-18-22-38(40)42-2/h23-30H,3-14,17-18,21-22H2,1-2H3. The van der Waals surface area contributed by atoms with E-state index in [0.717, 1.165) is 62.5 Å². The summed E-state index contributed by atoms with van der Waals surface area (Å²) in [4.78, 5) is 22.3. The summed E-state index contributed by atoms with van der Waals surface area (Å²) in [5.74, 6) is 13.2. The Balaban J connectivity index is 1.39. The van der Waals surface area contributed by atoms with Crippen molar-refractivity contribution in [2.45, 2.75) is 103 Å². The predicted molar refractivity (Wildman–Crippen MR) is 173 cm³/mol. The third-order valence-corrected chi connectivity index (χ3v) is 7.58. The Morgan fingerprint density at radius 1 is 0.500 bits per heavy atom. The Kier molecular flexibility index (Phi) is 15.1. The van der Waals surface area contributed by atoms with Gasteiger partial charge >= 0.3 is 11.9 Å². The summed E-state index contributed by atoms with van der Waals surface area (Å²) in [7, 11) is 2.89. The molecule has 0 radical (unpaired) electrons. The lowest BCUT2D eigenvalue weighted by Crippen LogP contribution is -1.99. The molecule has 0 fully saturated rings. The zero-order chi connectivity index (χ0) is 29.8. The Bertz CT molecular complexity index is 1300. The smallest absolute Gasteiger partial charge is 0.305 e. The van der Waals surface area contributed by atoms with E-state index in [-0.39, 0.29) is 11.9 Å². The Morgan fingerprint density at radius 3 is 1.29 bits per heavy atom. The van der Waals surface area contributed by atoms with E-state index in [0.29, 0.717) is 12.8 Å². The van der Waals surface area contributed by atoms with E-state index in [4.69, 9.17) is 0 Å². The molecular formula is C38H46O4. The molecule has 0 aliphatic rings. The fourth-order valence-electron chi connectivity index (χ4n) is 5.07. The summed E-state index contributed by atoms with van der Waals surface area (Å²) >= 11 is 0. The highest BCUT2D eigenvalue weighted by Gasteiger charge is 2.02. The molecule has 0 saturated heterocycles. The average Bonchev–Trinajstić information content (AvgIpc) is 3.01. The van der Waals surface area contributed by atoms with Gasteiger partial charge in [0.15, 0.2) is 0 Å². The van der Waals surface area contributed by atoms with Crippen molar-refractivity contribution in [2.75, 3.05) is 14.2 Å². The second kappa shape index (κ2) is 19.4. The molecule has 0 aliphatic heterocycles. The SMILES string of the molecule is COC(=O)CCCCCCCCC#Cc1ccc2cc3cc(C#CCCCCCCCCC(=O)OC)ccc3cc2c1. The van der Waals surface area contributed by atoms with Crippen molar-refractivity contribution < 1.29 is 19.1 Å². The number of rotatable bonds is 16. The predicted octanol–water partition coefficient (Wildman–Crippen LogP) is 9.28. The summed E-state index contributed by atoms with van der Waals surface area (Å²) in [6, 6.07) is 17.4. The van der Waals surface area contributed by atoms with Crippen molar-refractivity contribution >= 4 is 33.5 Å². The quantitative estimate of drug-likeness (QED) is 0.0750. The van der Waals surface area contributed by atoms with Gasteiger partial charge in [-0.15, -0.1) is 0 Å².